The van der Waals surface area contributed by atoms with Crippen molar-refractivity contribution in [3.63, 3.8) is 0 Å². The van der Waals surface area contributed by atoms with Gasteiger partial charge in [0.25, 0.3) is 0 Å². The fraction of sp³-hybridized carbons (Fsp3) is 0.273. The lowest BCUT2D eigenvalue weighted by atomic mass is 10.1. The largest absolute Gasteiger partial charge is 0.497 e. The number of nitrogens with zero attached hydrogens (tertiary/aromatic N) is 3. The first kappa shape index (κ1) is 20.4. The van der Waals surface area contributed by atoms with Crippen LogP contribution in [0.3, 0.4) is 0 Å². The summed E-state index contributed by atoms with van der Waals surface area (Å²) < 4.78 is 11.2. The third-order valence-electron chi connectivity index (χ3n) is 4.64. The average molecular weight is 393 g/mol. The predicted molar refractivity (Wildman–Crippen MR) is 115 cm³/mol. The zero-order valence-electron chi connectivity index (χ0n) is 17.1. The number of allylic oxidation sites excluding steroid dienone is 1. The molecule has 0 radical (unpaired) electrons. The molecule has 7 nitrogen and oxygen atoms in total. The molecule has 2 aromatic carbocycles. The molecule has 1 aromatic heterocycles. The van der Waals surface area contributed by atoms with Crippen LogP contribution in [-0.4, -0.2) is 17.3 Å². The number of hydrogen-bond donors (Lipinski definition) is 2. The number of benzene rings is 2. The Bertz CT molecular complexity index is 979. The van der Waals surface area contributed by atoms with Crippen LogP contribution in [0.15, 0.2) is 58.8 Å². The van der Waals surface area contributed by atoms with Gasteiger partial charge >= 0.3 is 0 Å². The Morgan fingerprint density at radius 3 is 2.55 bits per heavy atom. The first-order valence-corrected chi connectivity index (χ1v) is 9.61. The smallest absolute Gasteiger partial charge is 0.248 e. The normalized spacial score (nSPS) is 11.5. The van der Waals surface area contributed by atoms with Crippen LogP contribution in [0.5, 0.6) is 5.75 Å². The summed E-state index contributed by atoms with van der Waals surface area (Å²) in [6.07, 6.45) is 4.72. The van der Waals surface area contributed by atoms with E-state index in [-0.39, 0.29) is 0 Å². The molecule has 0 aliphatic carbocycles. The van der Waals surface area contributed by atoms with Gasteiger partial charge in [-0.1, -0.05) is 19.4 Å². The van der Waals surface area contributed by atoms with E-state index in [1.54, 1.807) is 13.3 Å². The van der Waals surface area contributed by atoms with Crippen LogP contribution in [0.4, 0.5) is 5.69 Å². The molecule has 4 N–H and O–H groups in total. The summed E-state index contributed by atoms with van der Waals surface area (Å²) in [6, 6.07) is 13.3. The van der Waals surface area contributed by atoms with E-state index in [0.717, 1.165) is 53.1 Å². The highest BCUT2D eigenvalue weighted by atomic mass is 16.5. The Balaban J connectivity index is 1.78. The highest BCUT2D eigenvalue weighted by Gasteiger charge is 2.14. The van der Waals surface area contributed by atoms with Crippen molar-refractivity contribution in [1.82, 2.24) is 10.2 Å². The summed E-state index contributed by atoms with van der Waals surface area (Å²) in [5.41, 5.74) is 10.3. The van der Waals surface area contributed by atoms with Gasteiger partial charge in [-0.3, -0.25) is 5.01 Å². The second-order valence-electron chi connectivity index (χ2n) is 6.85. The molecule has 3 aromatic rings. The van der Waals surface area contributed by atoms with Crippen molar-refractivity contribution in [2.24, 2.45) is 11.6 Å². The zero-order chi connectivity index (χ0) is 20.8. The van der Waals surface area contributed by atoms with Crippen LogP contribution < -0.4 is 21.3 Å². The number of ether oxygens (including phenoxy) is 1. The van der Waals surface area contributed by atoms with Gasteiger partial charge in [-0.25, -0.2) is 5.84 Å². The molecule has 0 fully saturated rings. The third kappa shape index (κ3) is 4.94. The molecule has 152 valence electrons. The molecule has 0 bridgehead atoms. The maximum atomic E-state index is 6.09. The SMILES string of the molecule is CCCC/C(N)=C/N(N)c1ccc(-c2nnc(-c3cc(OC)ccc3C)o2)cc1. The van der Waals surface area contributed by atoms with Gasteiger partial charge in [0, 0.05) is 23.0 Å². The number of hydrogen-bond acceptors (Lipinski definition) is 7. The Morgan fingerprint density at radius 1 is 1.14 bits per heavy atom. The number of nitrogens with two attached hydrogens (primary N) is 2. The van der Waals surface area contributed by atoms with Crippen molar-refractivity contribution in [2.75, 3.05) is 12.1 Å². The van der Waals surface area contributed by atoms with Gasteiger partial charge in [-0.2, -0.15) is 0 Å². The van der Waals surface area contributed by atoms with Crippen molar-refractivity contribution in [3.05, 3.63) is 59.9 Å². The molecule has 0 saturated carbocycles. The van der Waals surface area contributed by atoms with Gasteiger partial charge in [0.2, 0.25) is 11.8 Å². The van der Waals surface area contributed by atoms with E-state index in [0.29, 0.717) is 11.8 Å². The number of aromatic nitrogens is 2. The van der Waals surface area contributed by atoms with Gasteiger partial charge in [-0.15, -0.1) is 10.2 Å². The number of anilines is 1. The summed E-state index contributed by atoms with van der Waals surface area (Å²) in [5.74, 6) is 7.73. The average Bonchev–Trinajstić information content (AvgIpc) is 3.22. The molecular formula is C22H27N5O2. The fourth-order valence-corrected chi connectivity index (χ4v) is 2.88. The number of rotatable bonds is 8. The summed E-state index contributed by atoms with van der Waals surface area (Å²) in [5, 5.41) is 9.89. The molecule has 0 aliphatic heterocycles. The summed E-state index contributed by atoms with van der Waals surface area (Å²) in [7, 11) is 1.63. The van der Waals surface area contributed by atoms with Gasteiger partial charge in [0.1, 0.15) is 5.75 Å². The minimum atomic E-state index is 0.440. The van der Waals surface area contributed by atoms with Crippen molar-refractivity contribution in [1.29, 1.82) is 0 Å². The molecule has 0 unspecified atom stereocenters. The van der Waals surface area contributed by atoms with Crippen molar-refractivity contribution < 1.29 is 9.15 Å². The van der Waals surface area contributed by atoms with Crippen LogP contribution in [0, 0.1) is 6.92 Å². The molecule has 29 heavy (non-hydrogen) atoms. The molecule has 1 heterocycles. The highest BCUT2D eigenvalue weighted by Crippen LogP contribution is 2.29. The molecule has 0 aliphatic rings. The molecule has 0 saturated heterocycles. The Kier molecular flexibility index (Phi) is 6.51. The van der Waals surface area contributed by atoms with Crippen LogP contribution >= 0.6 is 0 Å². The maximum Gasteiger partial charge on any atom is 0.248 e. The van der Waals surface area contributed by atoms with E-state index in [9.17, 15) is 0 Å². The highest BCUT2D eigenvalue weighted by molar-refractivity contribution is 5.64. The van der Waals surface area contributed by atoms with E-state index in [4.69, 9.17) is 20.7 Å². The lowest BCUT2D eigenvalue weighted by Gasteiger charge is -2.15. The maximum absolute atomic E-state index is 6.09. The Labute approximate surface area is 171 Å². The van der Waals surface area contributed by atoms with E-state index >= 15 is 0 Å². The molecule has 0 amide bonds. The van der Waals surface area contributed by atoms with Gasteiger partial charge in [0.15, 0.2) is 0 Å². The van der Waals surface area contributed by atoms with Crippen LogP contribution in [-0.2, 0) is 0 Å². The first-order chi connectivity index (χ1) is 14.0. The van der Waals surface area contributed by atoms with Gasteiger partial charge in [-0.05, 0) is 61.7 Å². The lowest BCUT2D eigenvalue weighted by molar-refractivity contribution is 0.414. The van der Waals surface area contributed by atoms with E-state index in [1.165, 1.54) is 5.01 Å². The van der Waals surface area contributed by atoms with Crippen molar-refractivity contribution >= 4 is 5.69 Å². The number of methoxy groups -OCH3 is 1. The lowest BCUT2D eigenvalue weighted by Crippen LogP contribution is -2.25. The van der Waals surface area contributed by atoms with Crippen LogP contribution in [0.1, 0.15) is 31.7 Å². The minimum Gasteiger partial charge on any atom is -0.497 e. The molecular weight excluding hydrogens is 366 g/mol. The van der Waals surface area contributed by atoms with E-state index in [2.05, 4.69) is 17.1 Å². The molecule has 3 rings (SSSR count). The summed E-state index contributed by atoms with van der Waals surface area (Å²) >= 11 is 0. The predicted octanol–water partition coefficient (Wildman–Crippen LogP) is 4.39. The topological polar surface area (TPSA) is 103 Å². The fourth-order valence-electron chi connectivity index (χ4n) is 2.88. The van der Waals surface area contributed by atoms with E-state index < -0.39 is 0 Å². The van der Waals surface area contributed by atoms with Gasteiger partial charge in [0.05, 0.1) is 12.8 Å². The second-order valence-corrected chi connectivity index (χ2v) is 6.85. The van der Waals surface area contributed by atoms with Crippen LogP contribution in [0.25, 0.3) is 22.9 Å². The van der Waals surface area contributed by atoms with Gasteiger partial charge < -0.3 is 14.9 Å². The monoisotopic (exact) mass is 393 g/mol. The number of unbranched alkanes of at least 4 members (excludes halogenated alkanes) is 1. The van der Waals surface area contributed by atoms with Crippen molar-refractivity contribution in [3.8, 4) is 28.7 Å². The summed E-state index contributed by atoms with van der Waals surface area (Å²) in [6.45, 7) is 4.12. The molecule has 7 heteroatoms. The first-order valence-electron chi connectivity index (χ1n) is 9.61. The molecule has 0 atom stereocenters. The zero-order valence-corrected chi connectivity index (χ0v) is 17.1. The third-order valence-corrected chi connectivity index (χ3v) is 4.64. The molecule has 0 spiro atoms. The summed E-state index contributed by atoms with van der Waals surface area (Å²) in [4.78, 5) is 0. The number of aryl methyl sites for hydroxylation is 1. The minimum absolute atomic E-state index is 0.440. The van der Waals surface area contributed by atoms with E-state index in [1.807, 2.05) is 49.4 Å². The quantitative estimate of drug-likeness (QED) is 0.432. The Morgan fingerprint density at radius 2 is 1.86 bits per heavy atom. The van der Waals surface area contributed by atoms with Crippen LogP contribution in [0.2, 0.25) is 0 Å². The van der Waals surface area contributed by atoms with Crippen molar-refractivity contribution in [2.45, 2.75) is 33.1 Å². The standard InChI is InChI=1S/C22H27N5O2/c1-4-5-6-17(23)14-27(24)18-10-8-16(9-11-18)21-25-26-22(29-21)20-13-19(28-3)12-7-15(20)2/h7-14H,4-6,23-24H2,1-3H3/b17-14-. The number of hydrazine groups is 1. The second kappa shape index (κ2) is 9.25. The Hall–Kier alpha value is -3.32.